The summed E-state index contributed by atoms with van der Waals surface area (Å²) < 4.78 is 48.4. The number of carbonyl (C=O) groups is 2. The summed E-state index contributed by atoms with van der Waals surface area (Å²) in [6.45, 7) is 3.74. The predicted octanol–water partition coefficient (Wildman–Crippen LogP) is 3.93. The first kappa shape index (κ1) is 22.2. The fraction of sp³-hybridized carbons (Fsp3) is 0.391. The van der Waals surface area contributed by atoms with Crippen LogP contribution < -0.4 is 5.73 Å². The third-order valence-corrected chi connectivity index (χ3v) is 6.42. The first-order valence-corrected chi connectivity index (χ1v) is 11.0. The van der Waals surface area contributed by atoms with Crippen LogP contribution in [0.15, 0.2) is 24.4 Å². The second kappa shape index (κ2) is 7.71. The zero-order chi connectivity index (χ0) is 24.4. The molecule has 1 aromatic carbocycles. The number of carbonyl (C=O) groups excluding carboxylic acids is 2. The second-order valence-corrected chi connectivity index (χ2v) is 8.63. The normalized spacial score (nSPS) is 16.7. The number of rotatable bonds is 5. The molecule has 1 fully saturated rings. The Labute approximate surface area is 192 Å². The van der Waals surface area contributed by atoms with Crippen LogP contribution in [0.1, 0.15) is 58.5 Å². The molecule has 0 radical (unpaired) electrons. The van der Waals surface area contributed by atoms with Crippen molar-refractivity contribution in [1.82, 2.24) is 19.5 Å². The summed E-state index contributed by atoms with van der Waals surface area (Å²) in [6.07, 6.45) is -1.32. The molecule has 1 aliphatic carbocycles. The van der Waals surface area contributed by atoms with Crippen molar-refractivity contribution in [3.05, 3.63) is 46.6 Å². The van der Waals surface area contributed by atoms with Gasteiger partial charge in [0.05, 0.1) is 23.4 Å². The minimum absolute atomic E-state index is 0.0551. The standard InChI is InChI=1S/C23H22F3N5O3/c1-3-34-22(33)18-19(27)29-31-7-6-16(28-20(18)31)13-8-14-10-30(11(2)12-4-5-12)21(32)17(14)15(9-13)23(24,25)26/h6-9,11-12H,3-5,10H2,1-2H3,(H2,27,29)/t11-/m0/s1. The number of hydrogen-bond donors (Lipinski definition) is 1. The van der Waals surface area contributed by atoms with Crippen LogP contribution in [-0.2, 0) is 17.5 Å². The van der Waals surface area contributed by atoms with Crippen molar-refractivity contribution in [3.8, 4) is 11.3 Å². The van der Waals surface area contributed by atoms with Crippen molar-refractivity contribution in [2.45, 2.75) is 45.5 Å². The van der Waals surface area contributed by atoms with E-state index < -0.39 is 23.6 Å². The molecule has 2 N–H and O–H groups in total. The zero-order valence-corrected chi connectivity index (χ0v) is 18.5. The number of nitrogens with two attached hydrogens (primary N) is 1. The van der Waals surface area contributed by atoms with Gasteiger partial charge in [-0.1, -0.05) is 0 Å². The number of amides is 1. The second-order valence-electron chi connectivity index (χ2n) is 8.63. The number of ether oxygens (including phenoxy) is 1. The molecule has 0 unspecified atom stereocenters. The van der Waals surface area contributed by atoms with Crippen molar-refractivity contribution < 1.29 is 27.5 Å². The molecule has 2 aliphatic rings. The van der Waals surface area contributed by atoms with Crippen LogP contribution >= 0.6 is 0 Å². The van der Waals surface area contributed by atoms with Gasteiger partial charge in [-0.2, -0.15) is 13.2 Å². The number of fused-ring (bicyclic) bond motifs is 2. The van der Waals surface area contributed by atoms with Gasteiger partial charge in [0.15, 0.2) is 11.5 Å². The highest BCUT2D eigenvalue weighted by Crippen LogP contribution is 2.43. The maximum Gasteiger partial charge on any atom is 0.417 e. The molecule has 0 bridgehead atoms. The molecule has 1 saturated carbocycles. The average molecular weight is 473 g/mol. The molecule has 1 aliphatic heterocycles. The van der Waals surface area contributed by atoms with Gasteiger partial charge in [0.25, 0.3) is 5.91 Å². The first-order valence-electron chi connectivity index (χ1n) is 11.0. The Balaban J connectivity index is 1.63. The average Bonchev–Trinajstić information content (AvgIpc) is 3.50. The number of anilines is 1. The van der Waals surface area contributed by atoms with Gasteiger partial charge in [-0.05, 0) is 56.4 Å². The number of hydrogen-bond acceptors (Lipinski definition) is 6. The molecule has 11 heteroatoms. The summed E-state index contributed by atoms with van der Waals surface area (Å²) in [5.74, 6) is -1.09. The number of nitrogen functional groups attached to an aromatic ring is 1. The molecule has 0 spiro atoms. The van der Waals surface area contributed by atoms with Gasteiger partial charge in [0, 0.05) is 24.3 Å². The quantitative estimate of drug-likeness (QED) is 0.564. The number of nitrogens with zero attached hydrogens (tertiary/aromatic N) is 4. The highest BCUT2D eigenvalue weighted by Gasteiger charge is 2.44. The summed E-state index contributed by atoms with van der Waals surface area (Å²) in [6, 6.07) is 3.85. The monoisotopic (exact) mass is 473 g/mol. The highest BCUT2D eigenvalue weighted by molar-refractivity contribution is 6.02. The molecule has 1 amide bonds. The third-order valence-electron chi connectivity index (χ3n) is 6.42. The third kappa shape index (κ3) is 3.55. The van der Waals surface area contributed by atoms with Crippen molar-refractivity contribution in [2.24, 2.45) is 5.92 Å². The van der Waals surface area contributed by atoms with E-state index in [2.05, 4.69) is 10.1 Å². The van der Waals surface area contributed by atoms with Crippen molar-refractivity contribution in [2.75, 3.05) is 12.3 Å². The molecule has 0 saturated heterocycles. The maximum absolute atomic E-state index is 14.0. The van der Waals surface area contributed by atoms with Crippen LogP contribution in [-0.4, -0.2) is 44.0 Å². The summed E-state index contributed by atoms with van der Waals surface area (Å²) in [5.41, 5.74) is 5.25. The molecule has 3 aromatic rings. The van der Waals surface area contributed by atoms with Gasteiger partial charge < -0.3 is 15.4 Å². The van der Waals surface area contributed by atoms with Crippen molar-refractivity contribution in [1.29, 1.82) is 0 Å². The molecule has 5 rings (SSSR count). The summed E-state index contributed by atoms with van der Waals surface area (Å²) >= 11 is 0. The lowest BCUT2D eigenvalue weighted by atomic mass is 9.97. The Morgan fingerprint density at radius 3 is 2.71 bits per heavy atom. The lowest BCUT2D eigenvalue weighted by Gasteiger charge is -2.24. The molecular formula is C23H22F3N5O3. The molecule has 34 heavy (non-hydrogen) atoms. The van der Waals surface area contributed by atoms with Crippen LogP contribution in [0.4, 0.5) is 19.0 Å². The molecular weight excluding hydrogens is 451 g/mol. The summed E-state index contributed by atoms with van der Waals surface area (Å²) in [7, 11) is 0. The zero-order valence-electron chi connectivity index (χ0n) is 18.5. The fourth-order valence-electron chi connectivity index (χ4n) is 4.52. The lowest BCUT2D eigenvalue weighted by Crippen LogP contribution is -2.35. The minimum atomic E-state index is -4.73. The largest absolute Gasteiger partial charge is 0.462 e. The smallest absolute Gasteiger partial charge is 0.417 e. The molecule has 3 heterocycles. The van der Waals surface area contributed by atoms with Crippen LogP contribution in [0.2, 0.25) is 0 Å². The lowest BCUT2D eigenvalue weighted by molar-refractivity contribution is -0.137. The van der Waals surface area contributed by atoms with Crippen LogP contribution in [0.3, 0.4) is 0 Å². The number of alkyl halides is 3. The van der Waals surface area contributed by atoms with E-state index in [1.165, 1.54) is 21.7 Å². The van der Waals surface area contributed by atoms with Crippen molar-refractivity contribution in [3.63, 3.8) is 0 Å². The maximum atomic E-state index is 14.0. The van der Waals surface area contributed by atoms with Gasteiger partial charge in [-0.25, -0.2) is 14.3 Å². The Morgan fingerprint density at radius 2 is 2.06 bits per heavy atom. The first-order chi connectivity index (χ1) is 16.1. The molecule has 2 aromatic heterocycles. The van der Waals surface area contributed by atoms with E-state index in [-0.39, 0.29) is 53.0 Å². The van der Waals surface area contributed by atoms with E-state index in [0.717, 1.165) is 18.9 Å². The summed E-state index contributed by atoms with van der Waals surface area (Å²) in [5, 5.41) is 4.03. The van der Waals surface area contributed by atoms with E-state index in [1.54, 1.807) is 13.0 Å². The Morgan fingerprint density at radius 1 is 1.32 bits per heavy atom. The fourth-order valence-corrected chi connectivity index (χ4v) is 4.52. The Hall–Kier alpha value is -3.63. The molecule has 8 nitrogen and oxygen atoms in total. The molecule has 1 atom stereocenters. The predicted molar refractivity (Wildman–Crippen MR) is 116 cm³/mol. The van der Waals surface area contributed by atoms with Gasteiger partial charge >= 0.3 is 12.1 Å². The topological polar surface area (TPSA) is 103 Å². The van der Waals surface area contributed by atoms with Gasteiger partial charge in [-0.3, -0.25) is 4.79 Å². The molecule has 178 valence electrons. The van der Waals surface area contributed by atoms with Crippen molar-refractivity contribution >= 4 is 23.3 Å². The van der Waals surface area contributed by atoms with Gasteiger partial charge in [-0.15, -0.1) is 5.10 Å². The van der Waals surface area contributed by atoms with Gasteiger partial charge in [0.2, 0.25) is 0 Å². The number of benzene rings is 1. The van der Waals surface area contributed by atoms with E-state index in [0.29, 0.717) is 11.5 Å². The van der Waals surface area contributed by atoms with Gasteiger partial charge in [0.1, 0.15) is 5.56 Å². The van der Waals surface area contributed by atoms with Crippen LogP contribution in [0, 0.1) is 5.92 Å². The Bertz CT molecular complexity index is 1330. The van der Waals surface area contributed by atoms with E-state index in [4.69, 9.17) is 10.5 Å². The highest BCUT2D eigenvalue weighted by atomic mass is 19.4. The van der Waals surface area contributed by atoms with E-state index >= 15 is 0 Å². The summed E-state index contributed by atoms with van der Waals surface area (Å²) in [4.78, 5) is 31.2. The van der Waals surface area contributed by atoms with E-state index in [1.807, 2.05) is 6.92 Å². The number of aromatic nitrogens is 3. The SMILES string of the molecule is CCOC(=O)c1c(N)nn2ccc(-c3cc4c(c(C(F)(F)F)c3)C(=O)N([C@@H](C)C3CC3)C4)nc12. The minimum Gasteiger partial charge on any atom is -0.462 e. The number of esters is 1. The van der Waals surface area contributed by atoms with Crippen LogP contribution in [0.5, 0.6) is 0 Å². The van der Waals surface area contributed by atoms with Crippen LogP contribution in [0.25, 0.3) is 16.9 Å². The Kier molecular flexibility index (Phi) is 5.03. The van der Waals surface area contributed by atoms with E-state index in [9.17, 15) is 22.8 Å². The number of halogens is 3.